The first-order valence-electron chi connectivity index (χ1n) is 19.8. The van der Waals surface area contributed by atoms with Crippen LogP contribution in [0.5, 0.6) is 0 Å². The SMILES string of the molecule is CC1(C)C(=CC=C2CCC/C(=C\C=C3\N(CCCCS(=O)(=O)O)c4ccc5ccccc5c4C3(C)C)C2=O)N(CCCCS(=O)(=O)O)c2ccc3ccccc3c21.[Na+]. The molecule has 0 unspecified atom stereocenters. The van der Waals surface area contributed by atoms with E-state index in [0.717, 1.165) is 61.9 Å². The van der Waals surface area contributed by atoms with Gasteiger partial charge >= 0.3 is 29.6 Å². The molecular weight excluding hydrogens is 780 g/mol. The third-order valence-corrected chi connectivity index (χ3v) is 13.5. The molecule has 58 heavy (non-hydrogen) atoms. The average Bonchev–Trinajstić information content (AvgIpc) is 3.51. The predicted octanol–water partition coefficient (Wildman–Crippen LogP) is 6.60. The van der Waals surface area contributed by atoms with Crippen molar-refractivity contribution in [3.8, 4) is 0 Å². The number of nitrogens with zero attached hydrogens (tertiary/aromatic N) is 2. The number of ketones is 1. The summed E-state index contributed by atoms with van der Waals surface area (Å²) in [6.45, 7) is 9.90. The molecule has 7 rings (SSSR count). The summed E-state index contributed by atoms with van der Waals surface area (Å²) in [7, 11) is -8.11. The normalized spacial score (nSPS) is 20.4. The monoisotopic (exact) mass is 831 g/mol. The van der Waals surface area contributed by atoms with Gasteiger partial charge in [0.2, 0.25) is 0 Å². The number of allylic oxidation sites excluding steroid dienone is 8. The summed E-state index contributed by atoms with van der Waals surface area (Å²) >= 11 is 0. The minimum absolute atomic E-state index is 0. The van der Waals surface area contributed by atoms with Crippen LogP contribution in [0.4, 0.5) is 11.4 Å². The smallest absolute Gasteiger partial charge is 0.344 e. The minimum atomic E-state index is -4.06. The summed E-state index contributed by atoms with van der Waals surface area (Å²) < 4.78 is 64.6. The second-order valence-corrected chi connectivity index (χ2v) is 19.7. The van der Waals surface area contributed by atoms with Crippen LogP contribution in [-0.2, 0) is 35.9 Å². The summed E-state index contributed by atoms with van der Waals surface area (Å²) in [5, 5.41) is 4.59. The third kappa shape index (κ3) is 8.96. The third-order valence-electron chi connectivity index (χ3n) is 11.9. The summed E-state index contributed by atoms with van der Waals surface area (Å²) in [5.41, 5.74) is 7.23. The number of benzene rings is 4. The largest absolute Gasteiger partial charge is 1.00 e. The quantitative estimate of drug-likeness (QED) is 0.0702. The van der Waals surface area contributed by atoms with Gasteiger partial charge in [0.05, 0.1) is 11.5 Å². The second-order valence-electron chi connectivity index (χ2n) is 16.6. The molecular formula is C46H52N2NaO7S2+. The minimum Gasteiger partial charge on any atom is -0.344 e. The van der Waals surface area contributed by atoms with Crippen LogP contribution in [0.15, 0.2) is 120 Å². The maximum Gasteiger partial charge on any atom is 1.00 e. The van der Waals surface area contributed by atoms with Crippen molar-refractivity contribution in [2.75, 3.05) is 34.4 Å². The van der Waals surface area contributed by atoms with E-state index in [4.69, 9.17) is 0 Å². The summed E-state index contributed by atoms with van der Waals surface area (Å²) in [6.07, 6.45) is 12.0. The van der Waals surface area contributed by atoms with Gasteiger partial charge in [-0.2, -0.15) is 16.8 Å². The van der Waals surface area contributed by atoms with Gasteiger partial charge in [0.15, 0.2) is 5.78 Å². The number of rotatable bonds is 12. The Morgan fingerprint density at radius 3 is 1.38 bits per heavy atom. The van der Waals surface area contributed by atoms with Crippen LogP contribution in [0, 0.1) is 0 Å². The molecule has 1 saturated carbocycles. The Balaban J connectivity index is 0.00000567. The van der Waals surface area contributed by atoms with E-state index < -0.39 is 31.1 Å². The Kier molecular flexibility index (Phi) is 13.1. The first-order chi connectivity index (χ1) is 27.0. The Hall–Kier alpha value is -3.55. The second kappa shape index (κ2) is 17.2. The molecule has 0 aromatic heterocycles. The average molecular weight is 832 g/mol. The van der Waals surface area contributed by atoms with Crippen molar-refractivity contribution < 1.29 is 60.3 Å². The van der Waals surface area contributed by atoms with E-state index in [9.17, 15) is 30.7 Å². The molecule has 3 aliphatic rings. The van der Waals surface area contributed by atoms with Gasteiger partial charge in [-0.25, -0.2) is 0 Å². The topological polar surface area (TPSA) is 132 Å². The zero-order chi connectivity index (χ0) is 40.8. The van der Waals surface area contributed by atoms with E-state index >= 15 is 0 Å². The fourth-order valence-electron chi connectivity index (χ4n) is 9.24. The molecule has 4 aromatic rings. The van der Waals surface area contributed by atoms with Crippen LogP contribution >= 0.6 is 0 Å². The van der Waals surface area contributed by atoms with Crippen molar-refractivity contribution in [3.63, 3.8) is 0 Å². The molecule has 0 spiro atoms. The number of anilines is 2. The first-order valence-corrected chi connectivity index (χ1v) is 23.1. The Morgan fingerprint density at radius 1 is 0.586 bits per heavy atom. The van der Waals surface area contributed by atoms with Gasteiger partial charge in [0.1, 0.15) is 0 Å². The van der Waals surface area contributed by atoms with Crippen LogP contribution in [-0.4, -0.2) is 56.3 Å². The van der Waals surface area contributed by atoms with E-state index in [1.807, 2.05) is 36.4 Å². The van der Waals surface area contributed by atoms with E-state index in [1.165, 1.54) is 11.1 Å². The van der Waals surface area contributed by atoms with Gasteiger partial charge in [-0.05, 0) is 113 Å². The standard InChI is InChI=1S/C46H52N2O7S2.Na/c1-45(2)40(47(28-9-11-30-56(50,51)52)38-24-20-32-14-5-7-18-36(32)42(38)45)26-22-34-16-13-17-35(44(34)49)23-27-41-46(3,4)43-37-19-8-6-15-33(37)21-25-39(43)48(41)29-10-12-31-57(53,54)55;/h5-8,14-15,18-27H,9-13,16-17,28-31H2,1-4H3,(H,50,51,52)(H,53,54,55);/q;+1/b34-22+,35-23?,40-26+,41-27?;. The van der Waals surface area contributed by atoms with E-state index in [2.05, 4.69) is 98.2 Å². The first kappa shape index (κ1) is 44.0. The zero-order valence-corrected chi connectivity index (χ0v) is 37.8. The van der Waals surface area contributed by atoms with Gasteiger partial charge < -0.3 is 9.80 Å². The number of unbranched alkanes of at least 4 members (excludes halogenated alkanes) is 2. The van der Waals surface area contributed by atoms with Gasteiger partial charge in [0, 0.05) is 46.7 Å². The predicted molar refractivity (Wildman–Crippen MR) is 231 cm³/mol. The number of carbonyl (C=O) groups excluding carboxylic acids is 1. The Labute approximate surface area is 365 Å². The number of carbonyl (C=O) groups is 1. The summed E-state index contributed by atoms with van der Waals surface area (Å²) in [4.78, 5) is 18.7. The van der Waals surface area contributed by atoms with Crippen LogP contribution in [0.25, 0.3) is 21.5 Å². The molecule has 0 atom stereocenters. The summed E-state index contributed by atoms with van der Waals surface area (Å²) in [6, 6.07) is 25.1. The molecule has 0 amide bonds. The molecule has 1 fully saturated rings. The molecule has 9 nitrogen and oxygen atoms in total. The van der Waals surface area contributed by atoms with Crippen LogP contribution in [0.2, 0.25) is 0 Å². The molecule has 0 saturated heterocycles. The van der Waals surface area contributed by atoms with Crippen molar-refractivity contribution in [1.29, 1.82) is 0 Å². The number of hydrogen-bond acceptors (Lipinski definition) is 7. The fourth-order valence-corrected chi connectivity index (χ4v) is 10.4. The molecule has 2 aliphatic heterocycles. The van der Waals surface area contributed by atoms with Gasteiger partial charge in [-0.3, -0.25) is 13.9 Å². The van der Waals surface area contributed by atoms with E-state index in [-0.39, 0.29) is 46.8 Å². The Bertz CT molecular complexity index is 2430. The molecule has 0 bridgehead atoms. The number of fused-ring (bicyclic) bond motifs is 6. The van der Waals surface area contributed by atoms with Crippen LogP contribution in [0.1, 0.15) is 83.8 Å². The molecule has 300 valence electrons. The van der Waals surface area contributed by atoms with Crippen molar-refractivity contribution >= 4 is 58.9 Å². The number of Topliss-reactive ketones (excluding diaryl/α,β-unsaturated/α-hetero) is 1. The van der Waals surface area contributed by atoms with Gasteiger partial charge in [0.25, 0.3) is 20.2 Å². The molecule has 4 aromatic carbocycles. The Morgan fingerprint density at radius 2 is 0.983 bits per heavy atom. The van der Waals surface area contributed by atoms with Crippen molar-refractivity contribution in [2.24, 2.45) is 0 Å². The van der Waals surface area contributed by atoms with E-state index in [1.54, 1.807) is 0 Å². The number of hydrogen-bond donors (Lipinski definition) is 2. The maximum absolute atomic E-state index is 14.2. The molecule has 2 heterocycles. The fraction of sp³-hybridized carbons (Fsp3) is 0.370. The molecule has 0 radical (unpaired) electrons. The summed E-state index contributed by atoms with van der Waals surface area (Å²) in [5.74, 6) is -0.556. The molecule has 2 N–H and O–H groups in total. The maximum atomic E-state index is 14.2. The van der Waals surface area contributed by atoms with Gasteiger partial charge in [-0.15, -0.1) is 0 Å². The van der Waals surface area contributed by atoms with Crippen molar-refractivity contribution in [1.82, 2.24) is 0 Å². The molecule has 1 aliphatic carbocycles. The van der Waals surface area contributed by atoms with Crippen molar-refractivity contribution in [2.45, 2.75) is 83.5 Å². The van der Waals surface area contributed by atoms with Crippen LogP contribution < -0.4 is 39.4 Å². The van der Waals surface area contributed by atoms with Crippen molar-refractivity contribution in [3.05, 3.63) is 131 Å². The molecule has 12 heteroatoms. The van der Waals surface area contributed by atoms with E-state index in [0.29, 0.717) is 51.6 Å². The zero-order valence-electron chi connectivity index (χ0n) is 34.2. The van der Waals surface area contributed by atoms with Gasteiger partial charge in [-0.1, -0.05) is 101 Å². The van der Waals surface area contributed by atoms with Crippen LogP contribution in [0.3, 0.4) is 0 Å².